The normalized spacial score (nSPS) is 20.7. The van der Waals surface area contributed by atoms with Crippen LogP contribution in [0.25, 0.3) is 0 Å². The molecule has 2 unspecified atom stereocenters. The average molecular weight is 537 g/mol. The first-order valence-electron chi connectivity index (χ1n) is 12.3. The zero-order valence-electron chi connectivity index (χ0n) is 21.1. The quantitative estimate of drug-likeness (QED) is 0.313. The van der Waals surface area contributed by atoms with Crippen molar-refractivity contribution >= 4 is 41.7 Å². The largest absolute Gasteiger partial charge is 0.366 e. The van der Waals surface area contributed by atoms with Crippen LogP contribution in [0.2, 0.25) is 10.0 Å². The van der Waals surface area contributed by atoms with Gasteiger partial charge in [-0.1, -0.05) is 99.6 Å². The van der Waals surface area contributed by atoms with Crippen LogP contribution in [0.3, 0.4) is 0 Å². The van der Waals surface area contributed by atoms with Crippen molar-refractivity contribution in [3.63, 3.8) is 0 Å². The van der Waals surface area contributed by atoms with Gasteiger partial charge in [0.15, 0.2) is 0 Å². The molecule has 0 radical (unpaired) electrons. The molecule has 35 heavy (non-hydrogen) atoms. The van der Waals surface area contributed by atoms with Crippen LogP contribution in [0.5, 0.6) is 0 Å². The highest BCUT2D eigenvalue weighted by molar-refractivity contribution is 7.81. The highest BCUT2D eigenvalue weighted by Crippen LogP contribution is 2.35. The molecule has 6 heteroatoms. The van der Waals surface area contributed by atoms with E-state index in [1.807, 2.05) is 54.6 Å². The first-order valence-corrected chi connectivity index (χ1v) is 13.5. The van der Waals surface area contributed by atoms with Crippen molar-refractivity contribution in [2.45, 2.75) is 82.2 Å². The Morgan fingerprint density at radius 3 is 2.03 bits per heavy atom. The van der Waals surface area contributed by atoms with E-state index >= 15 is 0 Å². The minimum atomic E-state index is -0.377. The van der Waals surface area contributed by atoms with Crippen molar-refractivity contribution in [1.29, 1.82) is 0 Å². The molecule has 0 N–H and O–H groups in total. The zero-order valence-corrected chi connectivity index (χ0v) is 23.5. The second kappa shape index (κ2) is 14.9. The van der Waals surface area contributed by atoms with Gasteiger partial charge in [0.2, 0.25) is 0 Å². The Bertz CT molecular complexity index is 887. The fourth-order valence-corrected chi connectivity index (χ4v) is 4.42. The molecule has 1 aliphatic carbocycles. The molecular weight excluding hydrogens is 497 g/mol. The molecule has 192 valence electrons. The predicted molar refractivity (Wildman–Crippen MR) is 153 cm³/mol. The SMILES string of the molecule is C=CCC1OCC(c2ccc(Cl)cc2)N(C2CCCCC2)C1=O.CC(C)(C)S.Clc1ccccc1. The van der Waals surface area contributed by atoms with Crippen molar-refractivity contribution in [3.05, 3.63) is 82.9 Å². The van der Waals surface area contributed by atoms with Crippen molar-refractivity contribution in [1.82, 2.24) is 4.90 Å². The van der Waals surface area contributed by atoms with Crippen LogP contribution in [0.1, 0.15) is 70.9 Å². The van der Waals surface area contributed by atoms with E-state index in [0.717, 1.165) is 23.4 Å². The number of ether oxygens (including phenoxy) is 1. The Morgan fingerprint density at radius 2 is 1.54 bits per heavy atom. The molecule has 1 aliphatic heterocycles. The van der Waals surface area contributed by atoms with E-state index in [9.17, 15) is 4.79 Å². The number of halogens is 2. The molecule has 1 saturated carbocycles. The first kappa shape index (κ1) is 29.8. The van der Waals surface area contributed by atoms with Crippen LogP contribution in [0.15, 0.2) is 67.3 Å². The summed E-state index contributed by atoms with van der Waals surface area (Å²) in [5, 5.41) is 1.51. The van der Waals surface area contributed by atoms with Gasteiger partial charge in [-0.3, -0.25) is 4.79 Å². The highest BCUT2D eigenvalue weighted by Gasteiger charge is 2.40. The van der Waals surface area contributed by atoms with Crippen LogP contribution in [-0.4, -0.2) is 34.3 Å². The fourth-order valence-electron chi connectivity index (χ4n) is 4.15. The molecule has 2 atom stereocenters. The van der Waals surface area contributed by atoms with Gasteiger partial charge >= 0.3 is 0 Å². The summed E-state index contributed by atoms with van der Waals surface area (Å²) in [5.41, 5.74) is 1.10. The molecule has 2 aliphatic rings. The predicted octanol–water partition coefficient (Wildman–Crippen LogP) is 8.57. The number of carbonyl (C=O) groups excluding carboxylic acids is 1. The molecule has 4 rings (SSSR count). The Labute approximate surface area is 227 Å². The van der Waals surface area contributed by atoms with Crippen LogP contribution in [-0.2, 0) is 9.53 Å². The second-order valence-electron chi connectivity index (χ2n) is 9.92. The summed E-state index contributed by atoms with van der Waals surface area (Å²) in [5.74, 6) is 0.114. The maximum atomic E-state index is 13.0. The molecular formula is C29H39Cl2NO2S. The van der Waals surface area contributed by atoms with Gasteiger partial charge in [0.1, 0.15) is 6.10 Å². The van der Waals surface area contributed by atoms with E-state index in [4.69, 9.17) is 27.9 Å². The van der Waals surface area contributed by atoms with Gasteiger partial charge in [-0.2, -0.15) is 12.6 Å². The number of thiol groups is 1. The summed E-state index contributed by atoms with van der Waals surface area (Å²) in [6.07, 6.45) is 7.84. The number of carbonyl (C=O) groups is 1. The molecule has 0 bridgehead atoms. The molecule has 2 fully saturated rings. The van der Waals surface area contributed by atoms with E-state index in [1.165, 1.54) is 19.3 Å². The third kappa shape index (κ3) is 11.0. The summed E-state index contributed by atoms with van der Waals surface area (Å²) in [6.45, 7) is 10.4. The third-order valence-corrected chi connectivity index (χ3v) is 6.16. The Kier molecular flexibility index (Phi) is 12.7. The van der Waals surface area contributed by atoms with Gasteiger partial charge in [0.25, 0.3) is 5.91 Å². The molecule has 2 aromatic rings. The third-order valence-electron chi connectivity index (χ3n) is 5.66. The maximum Gasteiger partial charge on any atom is 0.252 e. The van der Waals surface area contributed by atoms with E-state index in [1.54, 1.807) is 6.08 Å². The molecule has 3 nitrogen and oxygen atoms in total. The lowest BCUT2D eigenvalue weighted by Crippen LogP contribution is -2.54. The Hall–Kier alpha value is -1.46. The van der Waals surface area contributed by atoms with Crippen LogP contribution >= 0.6 is 35.8 Å². The van der Waals surface area contributed by atoms with Gasteiger partial charge in [0.05, 0.1) is 12.6 Å². The maximum absolute atomic E-state index is 13.0. The lowest BCUT2D eigenvalue weighted by atomic mass is 9.90. The van der Waals surface area contributed by atoms with Crippen LogP contribution in [0.4, 0.5) is 0 Å². The molecule has 2 aromatic carbocycles. The van der Waals surface area contributed by atoms with E-state index in [2.05, 4.69) is 44.9 Å². The molecule has 1 saturated heterocycles. The number of benzene rings is 2. The monoisotopic (exact) mass is 535 g/mol. The second-order valence-corrected chi connectivity index (χ2v) is 12.1. The average Bonchev–Trinajstić information content (AvgIpc) is 2.81. The van der Waals surface area contributed by atoms with Crippen molar-refractivity contribution < 1.29 is 9.53 Å². The number of hydrogen-bond acceptors (Lipinski definition) is 3. The van der Waals surface area contributed by atoms with E-state index < -0.39 is 0 Å². The summed E-state index contributed by atoms with van der Waals surface area (Å²) in [6, 6.07) is 17.5. The minimum absolute atomic E-state index is 0.0102. The highest BCUT2D eigenvalue weighted by atomic mass is 35.5. The number of hydrogen-bond donors (Lipinski definition) is 1. The van der Waals surface area contributed by atoms with Crippen molar-refractivity contribution in [3.8, 4) is 0 Å². The van der Waals surface area contributed by atoms with Gasteiger partial charge in [-0.05, 0) is 42.7 Å². The number of amides is 1. The number of rotatable bonds is 4. The van der Waals surface area contributed by atoms with Crippen LogP contribution < -0.4 is 0 Å². The number of morpholine rings is 1. The molecule has 1 amide bonds. The van der Waals surface area contributed by atoms with Crippen molar-refractivity contribution in [2.24, 2.45) is 0 Å². The molecule has 0 aromatic heterocycles. The Balaban J connectivity index is 0.000000296. The zero-order chi connectivity index (χ0) is 25.8. The summed E-state index contributed by atoms with van der Waals surface area (Å²) >= 11 is 15.7. The van der Waals surface area contributed by atoms with Crippen LogP contribution in [0, 0.1) is 0 Å². The smallest absolute Gasteiger partial charge is 0.252 e. The lowest BCUT2D eigenvalue weighted by molar-refractivity contribution is -0.165. The molecule has 1 heterocycles. The Morgan fingerprint density at radius 1 is 1.00 bits per heavy atom. The lowest BCUT2D eigenvalue weighted by Gasteiger charge is -2.45. The number of nitrogens with zero attached hydrogens (tertiary/aromatic N) is 1. The standard InChI is InChI=1S/C19H24ClNO2.C6H5Cl.C4H10S/c1-2-6-18-19(22)21(16-7-4-3-5-8-16)17(13-23-18)14-9-11-15(20)12-10-14;7-6-4-2-1-3-5-6;1-4(2,3)5/h2,9-12,16-18H,1,3-8,13H2;1-5H;5H,1-3H3. The van der Waals surface area contributed by atoms with Crippen molar-refractivity contribution in [2.75, 3.05) is 6.61 Å². The van der Waals surface area contributed by atoms with E-state index in [0.29, 0.717) is 24.1 Å². The topological polar surface area (TPSA) is 29.5 Å². The summed E-state index contributed by atoms with van der Waals surface area (Å²) < 4.78 is 6.05. The molecule has 0 spiro atoms. The van der Waals surface area contributed by atoms with Gasteiger partial charge < -0.3 is 9.64 Å². The van der Waals surface area contributed by atoms with Gasteiger partial charge in [-0.25, -0.2) is 0 Å². The minimum Gasteiger partial charge on any atom is -0.366 e. The summed E-state index contributed by atoms with van der Waals surface area (Å²) in [7, 11) is 0. The summed E-state index contributed by atoms with van der Waals surface area (Å²) in [4.78, 5) is 15.1. The van der Waals surface area contributed by atoms with Gasteiger partial charge in [0, 0.05) is 27.3 Å². The van der Waals surface area contributed by atoms with E-state index in [-0.39, 0.29) is 22.8 Å². The fraction of sp³-hybridized carbons (Fsp3) is 0.483. The first-order chi connectivity index (χ1) is 16.6. The van der Waals surface area contributed by atoms with Gasteiger partial charge in [-0.15, -0.1) is 6.58 Å².